The number of nitrogens with zero attached hydrogens (tertiary/aromatic N) is 1. The van der Waals surface area contributed by atoms with Crippen LogP contribution in [0.25, 0.3) is 10.9 Å². The van der Waals surface area contributed by atoms with Gasteiger partial charge in [-0.05, 0) is 24.6 Å². The number of fused-ring (bicyclic) bond motifs is 1. The van der Waals surface area contributed by atoms with Crippen LogP contribution in [0.3, 0.4) is 0 Å². The lowest BCUT2D eigenvalue weighted by Crippen LogP contribution is -2.04. The van der Waals surface area contributed by atoms with Gasteiger partial charge in [0, 0.05) is 10.9 Å². The highest BCUT2D eigenvalue weighted by atomic mass is 16.5. The predicted octanol–water partition coefficient (Wildman–Crippen LogP) is 4.09. The first-order valence-electron chi connectivity index (χ1n) is 7.05. The molecule has 1 aromatic heterocycles. The fourth-order valence-electron chi connectivity index (χ4n) is 2.33. The normalized spacial score (nSPS) is 12.4. The van der Waals surface area contributed by atoms with Crippen molar-refractivity contribution in [2.75, 3.05) is 5.73 Å². The van der Waals surface area contributed by atoms with Crippen molar-refractivity contribution in [2.45, 2.75) is 19.6 Å². The van der Waals surface area contributed by atoms with E-state index in [0.717, 1.165) is 22.0 Å². The number of hydrogen-bond acceptors (Lipinski definition) is 3. The van der Waals surface area contributed by atoms with E-state index in [0.29, 0.717) is 12.4 Å². The van der Waals surface area contributed by atoms with Crippen LogP contribution in [0.4, 0.5) is 5.82 Å². The third-order valence-corrected chi connectivity index (χ3v) is 3.59. The number of aromatic nitrogens is 1. The molecule has 1 atom stereocenters. The highest BCUT2D eigenvalue weighted by Gasteiger charge is 2.08. The summed E-state index contributed by atoms with van der Waals surface area (Å²) in [4.78, 5) is 4.42. The Morgan fingerprint density at radius 3 is 2.57 bits per heavy atom. The molecule has 0 amide bonds. The quantitative estimate of drug-likeness (QED) is 0.781. The molecule has 2 aromatic carbocycles. The molecule has 2 N–H and O–H groups in total. The summed E-state index contributed by atoms with van der Waals surface area (Å²) in [6.07, 6.45) is 0.0251. The van der Waals surface area contributed by atoms with Gasteiger partial charge in [0.2, 0.25) is 0 Å². The van der Waals surface area contributed by atoms with Gasteiger partial charge in [0.15, 0.2) is 0 Å². The van der Waals surface area contributed by atoms with E-state index in [2.05, 4.69) is 23.2 Å². The van der Waals surface area contributed by atoms with E-state index in [1.165, 1.54) is 0 Å². The minimum Gasteiger partial charge on any atom is -0.383 e. The third kappa shape index (κ3) is 3.03. The van der Waals surface area contributed by atoms with Crippen molar-refractivity contribution in [3.8, 4) is 0 Å². The number of hydrogen-bond donors (Lipinski definition) is 1. The minimum absolute atomic E-state index is 0.0251. The first-order chi connectivity index (χ1) is 10.2. The van der Waals surface area contributed by atoms with Crippen molar-refractivity contribution in [3.05, 3.63) is 71.8 Å². The second kappa shape index (κ2) is 5.94. The molecule has 0 aliphatic carbocycles. The molecule has 0 bridgehead atoms. The third-order valence-electron chi connectivity index (χ3n) is 3.59. The Hall–Kier alpha value is -2.39. The van der Waals surface area contributed by atoms with E-state index < -0.39 is 0 Å². The van der Waals surface area contributed by atoms with Gasteiger partial charge in [-0.3, -0.25) is 0 Å². The fraction of sp³-hybridized carbons (Fsp3) is 0.167. The monoisotopic (exact) mass is 278 g/mol. The summed E-state index contributed by atoms with van der Waals surface area (Å²) in [6, 6.07) is 20.2. The Morgan fingerprint density at radius 2 is 1.76 bits per heavy atom. The highest BCUT2D eigenvalue weighted by Crippen LogP contribution is 2.22. The zero-order chi connectivity index (χ0) is 14.7. The smallest absolute Gasteiger partial charge is 0.129 e. The SMILES string of the molecule is CC(OCc1cc2ccccc2nc1N)c1ccccc1. The first-order valence-corrected chi connectivity index (χ1v) is 7.05. The molecular weight excluding hydrogens is 260 g/mol. The molecule has 1 heterocycles. The average molecular weight is 278 g/mol. The summed E-state index contributed by atoms with van der Waals surface area (Å²) < 4.78 is 5.92. The molecule has 1 unspecified atom stereocenters. The van der Waals surface area contributed by atoms with Crippen LogP contribution in [0.15, 0.2) is 60.7 Å². The molecule has 3 nitrogen and oxygen atoms in total. The van der Waals surface area contributed by atoms with E-state index >= 15 is 0 Å². The lowest BCUT2D eigenvalue weighted by atomic mass is 10.1. The van der Waals surface area contributed by atoms with Crippen LogP contribution in [0.2, 0.25) is 0 Å². The van der Waals surface area contributed by atoms with Crippen molar-refractivity contribution in [2.24, 2.45) is 0 Å². The largest absolute Gasteiger partial charge is 0.383 e. The number of benzene rings is 2. The van der Waals surface area contributed by atoms with E-state index in [1.54, 1.807) is 0 Å². The summed E-state index contributed by atoms with van der Waals surface area (Å²) in [6.45, 7) is 2.50. The lowest BCUT2D eigenvalue weighted by Gasteiger charge is -2.14. The van der Waals surface area contributed by atoms with Gasteiger partial charge < -0.3 is 10.5 Å². The number of anilines is 1. The van der Waals surface area contributed by atoms with Crippen LogP contribution in [0.1, 0.15) is 24.2 Å². The van der Waals surface area contributed by atoms with Crippen molar-refractivity contribution >= 4 is 16.7 Å². The van der Waals surface area contributed by atoms with Gasteiger partial charge in [-0.25, -0.2) is 4.98 Å². The molecule has 0 fully saturated rings. The number of para-hydroxylation sites is 1. The molecule has 21 heavy (non-hydrogen) atoms. The second-order valence-corrected chi connectivity index (χ2v) is 5.09. The van der Waals surface area contributed by atoms with Gasteiger partial charge in [0.1, 0.15) is 5.82 Å². The summed E-state index contributed by atoms with van der Waals surface area (Å²) in [5.41, 5.74) is 9.02. The van der Waals surface area contributed by atoms with E-state index in [4.69, 9.17) is 10.5 Å². The molecule has 106 valence electrons. The van der Waals surface area contributed by atoms with Crippen LogP contribution in [-0.2, 0) is 11.3 Å². The van der Waals surface area contributed by atoms with Gasteiger partial charge in [-0.2, -0.15) is 0 Å². The molecular formula is C18H18N2O. The number of pyridine rings is 1. The molecule has 0 saturated carbocycles. The molecule has 0 aliphatic heterocycles. The maximum Gasteiger partial charge on any atom is 0.129 e. The molecule has 3 rings (SSSR count). The molecule has 3 aromatic rings. The summed E-state index contributed by atoms with van der Waals surface area (Å²) >= 11 is 0. The first kappa shape index (κ1) is 13.6. The van der Waals surface area contributed by atoms with Crippen LogP contribution in [0.5, 0.6) is 0 Å². The fourth-order valence-corrected chi connectivity index (χ4v) is 2.33. The Balaban J connectivity index is 1.77. The summed E-state index contributed by atoms with van der Waals surface area (Å²) in [5.74, 6) is 0.536. The van der Waals surface area contributed by atoms with Gasteiger partial charge in [-0.1, -0.05) is 48.5 Å². The second-order valence-electron chi connectivity index (χ2n) is 5.09. The maximum absolute atomic E-state index is 6.02. The molecule has 0 saturated heterocycles. The minimum atomic E-state index is 0.0251. The Bertz CT molecular complexity index is 741. The van der Waals surface area contributed by atoms with Crippen molar-refractivity contribution < 1.29 is 4.74 Å². The number of nitrogens with two attached hydrogens (primary N) is 1. The number of nitrogen functional groups attached to an aromatic ring is 1. The molecule has 0 aliphatic rings. The van der Waals surface area contributed by atoms with Crippen molar-refractivity contribution in [1.82, 2.24) is 4.98 Å². The van der Waals surface area contributed by atoms with Gasteiger partial charge in [0.05, 0.1) is 18.2 Å². The Labute approximate surface area is 124 Å². The van der Waals surface area contributed by atoms with Crippen LogP contribution < -0.4 is 5.73 Å². The van der Waals surface area contributed by atoms with Crippen molar-refractivity contribution in [3.63, 3.8) is 0 Å². The van der Waals surface area contributed by atoms with Crippen molar-refractivity contribution in [1.29, 1.82) is 0 Å². The van der Waals surface area contributed by atoms with E-state index in [9.17, 15) is 0 Å². The average Bonchev–Trinajstić information content (AvgIpc) is 2.53. The predicted molar refractivity (Wildman–Crippen MR) is 85.8 cm³/mol. The van der Waals surface area contributed by atoms with Crippen LogP contribution in [-0.4, -0.2) is 4.98 Å². The van der Waals surface area contributed by atoms with Gasteiger partial charge in [0.25, 0.3) is 0 Å². The van der Waals surface area contributed by atoms with E-state index in [1.807, 2.05) is 49.4 Å². The summed E-state index contributed by atoms with van der Waals surface area (Å²) in [5, 5.41) is 1.08. The van der Waals surface area contributed by atoms with E-state index in [-0.39, 0.29) is 6.10 Å². The lowest BCUT2D eigenvalue weighted by molar-refractivity contribution is 0.0528. The summed E-state index contributed by atoms with van der Waals surface area (Å²) in [7, 11) is 0. The molecule has 0 radical (unpaired) electrons. The standard InChI is InChI=1S/C18H18N2O/c1-13(14-7-3-2-4-8-14)21-12-16-11-15-9-5-6-10-17(15)20-18(16)19/h2-11,13H,12H2,1H3,(H2,19,20). The zero-order valence-electron chi connectivity index (χ0n) is 12.0. The maximum atomic E-state index is 6.02. The number of rotatable bonds is 4. The molecule has 0 spiro atoms. The van der Waals surface area contributed by atoms with Crippen LogP contribution >= 0.6 is 0 Å². The van der Waals surface area contributed by atoms with Crippen LogP contribution in [0, 0.1) is 0 Å². The molecule has 3 heteroatoms. The van der Waals surface area contributed by atoms with Gasteiger partial charge in [-0.15, -0.1) is 0 Å². The zero-order valence-corrected chi connectivity index (χ0v) is 12.0. The Morgan fingerprint density at radius 1 is 1.05 bits per heavy atom. The van der Waals surface area contributed by atoms with Gasteiger partial charge >= 0.3 is 0 Å². The number of ether oxygens (including phenoxy) is 1. The topological polar surface area (TPSA) is 48.1 Å². The Kier molecular flexibility index (Phi) is 3.84. The highest BCUT2D eigenvalue weighted by molar-refractivity contribution is 5.81.